The van der Waals surface area contributed by atoms with E-state index in [-0.39, 0.29) is 5.57 Å². The lowest BCUT2D eigenvalue weighted by Crippen LogP contribution is -2.24. The molecule has 0 spiro atoms. The first kappa shape index (κ1) is 17.6. The van der Waals surface area contributed by atoms with Crippen LogP contribution in [0.25, 0.3) is 0 Å². The van der Waals surface area contributed by atoms with E-state index in [0.29, 0.717) is 11.6 Å². The molecule has 24 heavy (non-hydrogen) atoms. The highest BCUT2D eigenvalue weighted by Crippen LogP contribution is 2.14. The lowest BCUT2D eigenvalue weighted by molar-refractivity contribution is -0.117. The van der Waals surface area contributed by atoms with Crippen LogP contribution in [0, 0.1) is 25.2 Å². The van der Waals surface area contributed by atoms with Gasteiger partial charge >= 0.3 is 0 Å². The fraction of sp³-hybridized carbons (Fsp3) is 0.158. The Kier molecular flexibility index (Phi) is 6.00. The summed E-state index contributed by atoms with van der Waals surface area (Å²) in [6, 6.07) is 15.0. The van der Waals surface area contributed by atoms with Gasteiger partial charge in [-0.25, -0.2) is 0 Å². The van der Waals surface area contributed by atoms with Crippen LogP contribution >= 0.6 is 11.6 Å². The lowest BCUT2D eigenvalue weighted by atomic mass is 10.1. The number of rotatable bonds is 5. The monoisotopic (exact) mass is 339 g/mol. The largest absolute Gasteiger partial charge is 0.360 e. The zero-order valence-corrected chi connectivity index (χ0v) is 14.3. The number of hydrogen-bond donors (Lipinski definition) is 2. The molecular formula is C19H18ClN3O. The molecule has 0 aliphatic carbocycles. The molecule has 0 bridgehead atoms. The van der Waals surface area contributed by atoms with Crippen LogP contribution in [-0.4, -0.2) is 5.91 Å². The number of nitriles is 1. The van der Waals surface area contributed by atoms with E-state index in [1.165, 1.54) is 6.20 Å². The molecule has 2 rings (SSSR count). The number of halogens is 1. The molecular weight excluding hydrogens is 322 g/mol. The minimum atomic E-state index is -0.427. The molecule has 122 valence electrons. The lowest BCUT2D eigenvalue weighted by Gasteiger charge is -2.07. The molecule has 0 unspecified atom stereocenters. The van der Waals surface area contributed by atoms with Crippen LogP contribution in [0.4, 0.5) is 5.69 Å². The average molecular weight is 340 g/mol. The van der Waals surface area contributed by atoms with Crippen LogP contribution < -0.4 is 10.6 Å². The maximum Gasteiger partial charge on any atom is 0.263 e. The van der Waals surface area contributed by atoms with Crippen molar-refractivity contribution in [1.29, 1.82) is 5.26 Å². The van der Waals surface area contributed by atoms with Crippen molar-refractivity contribution in [1.82, 2.24) is 5.32 Å². The van der Waals surface area contributed by atoms with E-state index in [2.05, 4.69) is 16.7 Å². The smallest absolute Gasteiger partial charge is 0.263 e. The summed E-state index contributed by atoms with van der Waals surface area (Å²) in [5.41, 5.74) is 3.98. The van der Waals surface area contributed by atoms with E-state index < -0.39 is 5.91 Å². The molecule has 5 heteroatoms. The van der Waals surface area contributed by atoms with Crippen molar-refractivity contribution in [2.24, 2.45) is 0 Å². The SMILES string of the molecule is Cc1cc(C)cc(N/C=C(/C#N)C(=O)NCc2ccc(Cl)cc2)c1. The number of hydrogen-bond acceptors (Lipinski definition) is 3. The van der Waals surface area contributed by atoms with E-state index in [1.807, 2.05) is 44.2 Å². The van der Waals surface area contributed by atoms with Crippen molar-refractivity contribution >= 4 is 23.2 Å². The van der Waals surface area contributed by atoms with E-state index in [1.54, 1.807) is 12.1 Å². The number of benzene rings is 2. The maximum atomic E-state index is 12.1. The quantitative estimate of drug-likeness (QED) is 0.637. The molecule has 0 fully saturated rings. The fourth-order valence-electron chi connectivity index (χ4n) is 2.24. The summed E-state index contributed by atoms with van der Waals surface area (Å²) in [6.45, 7) is 4.32. The number of carbonyl (C=O) groups excluding carboxylic acids is 1. The van der Waals surface area contributed by atoms with Gasteiger partial charge in [0.25, 0.3) is 5.91 Å². The summed E-state index contributed by atoms with van der Waals surface area (Å²) >= 11 is 5.82. The molecule has 4 nitrogen and oxygen atoms in total. The fourth-order valence-corrected chi connectivity index (χ4v) is 2.37. The van der Waals surface area contributed by atoms with E-state index >= 15 is 0 Å². The first-order chi connectivity index (χ1) is 11.5. The van der Waals surface area contributed by atoms with E-state index in [9.17, 15) is 10.1 Å². The van der Waals surface area contributed by atoms with Gasteiger partial charge in [-0.3, -0.25) is 4.79 Å². The Morgan fingerprint density at radius 2 is 1.79 bits per heavy atom. The Labute approximate surface area is 146 Å². The van der Waals surface area contributed by atoms with Gasteiger partial charge in [0.05, 0.1) is 0 Å². The molecule has 0 aromatic heterocycles. The first-order valence-electron chi connectivity index (χ1n) is 7.45. The van der Waals surface area contributed by atoms with Crippen molar-refractivity contribution in [3.05, 3.63) is 76.0 Å². The molecule has 0 heterocycles. The van der Waals surface area contributed by atoms with Gasteiger partial charge in [-0.05, 0) is 54.8 Å². The first-order valence-corrected chi connectivity index (χ1v) is 7.83. The third kappa shape index (κ3) is 5.15. The predicted octanol–water partition coefficient (Wildman–Crippen LogP) is 4.09. The second-order valence-electron chi connectivity index (χ2n) is 5.50. The van der Waals surface area contributed by atoms with Gasteiger partial charge in [0, 0.05) is 23.5 Å². The zero-order chi connectivity index (χ0) is 17.5. The van der Waals surface area contributed by atoms with Crippen molar-refractivity contribution < 1.29 is 4.79 Å². The molecule has 0 atom stereocenters. The van der Waals surface area contributed by atoms with Gasteiger partial charge < -0.3 is 10.6 Å². The Balaban J connectivity index is 2.00. The van der Waals surface area contributed by atoms with E-state index in [4.69, 9.17) is 11.6 Å². The van der Waals surface area contributed by atoms with Crippen LogP contribution in [0.3, 0.4) is 0 Å². The average Bonchev–Trinajstić information content (AvgIpc) is 2.54. The second kappa shape index (κ2) is 8.19. The second-order valence-corrected chi connectivity index (χ2v) is 5.94. The molecule has 0 radical (unpaired) electrons. The highest BCUT2D eigenvalue weighted by molar-refractivity contribution is 6.30. The van der Waals surface area contributed by atoms with Crippen molar-refractivity contribution in [3.63, 3.8) is 0 Å². The molecule has 2 aromatic carbocycles. The number of aryl methyl sites for hydroxylation is 2. The Morgan fingerprint density at radius 3 is 2.38 bits per heavy atom. The molecule has 0 saturated heterocycles. The van der Waals surface area contributed by atoms with Crippen LogP contribution in [0.15, 0.2) is 54.2 Å². The summed E-state index contributed by atoms with van der Waals surface area (Å²) in [4.78, 5) is 12.1. The standard InChI is InChI=1S/C19H18ClN3O/c1-13-7-14(2)9-18(8-13)22-12-16(10-21)19(24)23-11-15-3-5-17(20)6-4-15/h3-9,12,22H,11H2,1-2H3,(H,23,24)/b16-12-. The number of amides is 1. The van der Waals surface area contributed by atoms with Crippen molar-refractivity contribution in [2.45, 2.75) is 20.4 Å². The molecule has 0 saturated carbocycles. The molecule has 1 amide bonds. The Morgan fingerprint density at radius 1 is 1.17 bits per heavy atom. The highest BCUT2D eigenvalue weighted by atomic mass is 35.5. The van der Waals surface area contributed by atoms with E-state index in [0.717, 1.165) is 22.4 Å². The molecule has 0 aliphatic rings. The summed E-state index contributed by atoms with van der Waals surface area (Å²) in [7, 11) is 0. The minimum absolute atomic E-state index is 0.0168. The normalized spacial score (nSPS) is 10.8. The van der Waals surface area contributed by atoms with Crippen LogP contribution in [0.5, 0.6) is 0 Å². The van der Waals surface area contributed by atoms with Crippen LogP contribution in [0.1, 0.15) is 16.7 Å². The number of anilines is 1. The van der Waals surface area contributed by atoms with Gasteiger partial charge in [0.2, 0.25) is 0 Å². The number of nitrogens with zero attached hydrogens (tertiary/aromatic N) is 1. The minimum Gasteiger partial charge on any atom is -0.360 e. The Bertz CT molecular complexity index is 784. The third-order valence-electron chi connectivity index (χ3n) is 3.34. The Hall–Kier alpha value is -2.77. The maximum absolute atomic E-state index is 12.1. The van der Waals surface area contributed by atoms with Gasteiger partial charge in [-0.1, -0.05) is 29.8 Å². The zero-order valence-electron chi connectivity index (χ0n) is 13.6. The summed E-state index contributed by atoms with van der Waals surface area (Å²) < 4.78 is 0. The number of nitrogens with one attached hydrogen (secondary N) is 2. The topological polar surface area (TPSA) is 64.9 Å². The third-order valence-corrected chi connectivity index (χ3v) is 3.59. The highest BCUT2D eigenvalue weighted by Gasteiger charge is 2.08. The molecule has 2 N–H and O–H groups in total. The predicted molar refractivity (Wildman–Crippen MR) is 96.5 cm³/mol. The van der Waals surface area contributed by atoms with Gasteiger partial charge in [-0.2, -0.15) is 5.26 Å². The summed E-state index contributed by atoms with van der Waals surface area (Å²) in [5.74, 6) is -0.427. The van der Waals surface area contributed by atoms with Crippen molar-refractivity contribution in [3.8, 4) is 6.07 Å². The van der Waals surface area contributed by atoms with Crippen LogP contribution in [0.2, 0.25) is 5.02 Å². The van der Waals surface area contributed by atoms with Gasteiger partial charge in [0.15, 0.2) is 0 Å². The molecule has 0 aliphatic heterocycles. The molecule has 2 aromatic rings. The summed E-state index contributed by atoms with van der Waals surface area (Å²) in [5, 5.41) is 15.5. The number of carbonyl (C=O) groups is 1. The van der Waals surface area contributed by atoms with Crippen LogP contribution in [-0.2, 0) is 11.3 Å². The van der Waals surface area contributed by atoms with Gasteiger partial charge in [-0.15, -0.1) is 0 Å². The van der Waals surface area contributed by atoms with Crippen molar-refractivity contribution in [2.75, 3.05) is 5.32 Å². The summed E-state index contributed by atoms with van der Waals surface area (Å²) in [6.07, 6.45) is 1.42. The van der Waals surface area contributed by atoms with Gasteiger partial charge in [0.1, 0.15) is 11.6 Å².